The SMILES string of the molecule is COc1cc(OC)c(F)c(C(=O)c2cc3cc(Cc4c(N)cccc4C(F)(F)F)ncc3o2)c1F. The summed E-state index contributed by atoms with van der Waals surface area (Å²) in [6.07, 6.45) is -3.66. The van der Waals surface area contributed by atoms with Gasteiger partial charge in [0.05, 0.1) is 26.0 Å². The first-order chi connectivity index (χ1) is 16.5. The number of carbonyl (C=O) groups is 1. The van der Waals surface area contributed by atoms with Crippen LogP contribution in [0, 0.1) is 11.6 Å². The number of ether oxygens (including phenoxy) is 2. The molecular formula is C24H17F5N2O4. The third-order valence-corrected chi connectivity index (χ3v) is 5.36. The van der Waals surface area contributed by atoms with Crippen molar-refractivity contribution >= 4 is 22.4 Å². The lowest BCUT2D eigenvalue weighted by atomic mass is 9.99. The van der Waals surface area contributed by atoms with Crippen LogP contribution in [0.4, 0.5) is 27.6 Å². The van der Waals surface area contributed by atoms with Gasteiger partial charge in [-0.25, -0.2) is 8.78 Å². The Bertz CT molecular complexity index is 1420. The van der Waals surface area contributed by atoms with E-state index in [0.29, 0.717) is 0 Å². The van der Waals surface area contributed by atoms with Crippen LogP contribution >= 0.6 is 0 Å². The standard InChI is InChI=1S/C24H17F5N2O4/c1-33-16-9-17(34-2)22(26)20(21(16)25)23(32)18-7-11-6-12(31-10-19(11)35-18)8-13-14(24(27,28)29)4-3-5-15(13)30/h3-7,9-10H,8,30H2,1-2H3. The van der Waals surface area contributed by atoms with Crippen molar-refractivity contribution < 1.29 is 40.6 Å². The summed E-state index contributed by atoms with van der Waals surface area (Å²) in [6.45, 7) is 0. The molecule has 2 N–H and O–H groups in total. The number of nitrogens with two attached hydrogens (primary N) is 1. The van der Waals surface area contributed by atoms with E-state index in [0.717, 1.165) is 26.4 Å². The first-order valence-corrected chi connectivity index (χ1v) is 10.0. The van der Waals surface area contributed by atoms with Gasteiger partial charge in [-0.05, 0) is 29.8 Å². The van der Waals surface area contributed by atoms with Crippen molar-refractivity contribution in [2.24, 2.45) is 0 Å². The number of hydrogen-bond acceptors (Lipinski definition) is 6. The normalized spacial score (nSPS) is 11.6. The van der Waals surface area contributed by atoms with Crippen LogP contribution in [0.5, 0.6) is 11.5 Å². The van der Waals surface area contributed by atoms with E-state index in [9.17, 15) is 26.7 Å². The molecule has 0 unspecified atom stereocenters. The summed E-state index contributed by atoms with van der Waals surface area (Å²) in [4.78, 5) is 17.0. The molecule has 4 aromatic rings. The zero-order valence-electron chi connectivity index (χ0n) is 18.3. The van der Waals surface area contributed by atoms with Crippen molar-refractivity contribution in [1.29, 1.82) is 0 Å². The quantitative estimate of drug-likeness (QED) is 0.216. The fourth-order valence-corrected chi connectivity index (χ4v) is 3.66. The van der Waals surface area contributed by atoms with Crippen molar-refractivity contribution in [1.82, 2.24) is 4.98 Å². The highest BCUT2D eigenvalue weighted by atomic mass is 19.4. The smallest absolute Gasteiger partial charge is 0.416 e. The van der Waals surface area contributed by atoms with Crippen LogP contribution in [-0.4, -0.2) is 25.0 Å². The monoisotopic (exact) mass is 492 g/mol. The maximum atomic E-state index is 14.7. The fourth-order valence-electron chi connectivity index (χ4n) is 3.66. The molecule has 0 spiro atoms. The largest absolute Gasteiger partial charge is 0.494 e. The number of anilines is 1. The molecule has 182 valence electrons. The average Bonchev–Trinajstić information content (AvgIpc) is 3.23. The van der Waals surface area contributed by atoms with Gasteiger partial charge < -0.3 is 19.6 Å². The maximum absolute atomic E-state index is 14.7. The van der Waals surface area contributed by atoms with Crippen LogP contribution in [0.15, 0.2) is 47.0 Å². The number of nitrogen functional groups attached to an aromatic ring is 1. The number of aromatic nitrogens is 1. The molecular weight excluding hydrogens is 475 g/mol. The topological polar surface area (TPSA) is 87.6 Å². The fraction of sp³-hybridized carbons (Fsp3) is 0.167. The predicted octanol–water partition coefficient (Wildman–Crippen LogP) is 5.55. The first kappa shape index (κ1) is 24.0. The molecule has 0 aliphatic carbocycles. The number of halogens is 5. The zero-order chi connectivity index (χ0) is 25.5. The molecule has 0 bridgehead atoms. The molecule has 0 radical (unpaired) electrons. The van der Waals surface area contributed by atoms with Crippen LogP contribution in [0.1, 0.15) is 32.9 Å². The average molecular weight is 492 g/mol. The number of fused-ring (bicyclic) bond motifs is 1. The first-order valence-electron chi connectivity index (χ1n) is 10.0. The van der Waals surface area contributed by atoms with Gasteiger partial charge in [0.15, 0.2) is 34.5 Å². The summed E-state index contributed by atoms with van der Waals surface area (Å²) in [5, 5.41) is 0.289. The van der Waals surface area contributed by atoms with E-state index in [1.54, 1.807) is 0 Å². The molecule has 0 aliphatic heterocycles. The Morgan fingerprint density at radius 2 is 1.71 bits per heavy atom. The molecule has 35 heavy (non-hydrogen) atoms. The van der Waals surface area contributed by atoms with Gasteiger partial charge in [0.25, 0.3) is 0 Å². The Morgan fingerprint density at radius 1 is 1.06 bits per heavy atom. The van der Waals surface area contributed by atoms with Crippen molar-refractivity contribution in [3.8, 4) is 11.5 Å². The third-order valence-electron chi connectivity index (χ3n) is 5.36. The lowest BCUT2D eigenvalue weighted by molar-refractivity contribution is -0.138. The molecule has 0 saturated carbocycles. The lowest BCUT2D eigenvalue weighted by Crippen LogP contribution is -2.12. The molecule has 4 rings (SSSR count). The van der Waals surface area contributed by atoms with Gasteiger partial charge in [0.1, 0.15) is 5.56 Å². The highest BCUT2D eigenvalue weighted by Crippen LogP contribution is 2.36. The van der Waals surface area contributed by atoms with Crippen LogP contribution in [0.2, 0.25) is 0 Å². The Kier molecular flexibility index (Phi) is 6.10. The molecule has 0 atom stereocenters. The van der Waals surface area contributed by atoms with E-state index in [1.807, 2.05) is 0 Å². The number of furan rings is 1. The predicted molar refractivity (Wildman–Crippen MR) is 116 cm³/mol. The summed E-state index contributed by atoms with van der Waals surface area (Å²) < 4.78 is 84.7. The van der Waals surface area contributed by atoms with Crippen LogP contribution < -0.4 is 15.2 Å². The van der Waals surface area contributed by atoms with Gasteiger partial charge >= 0.3 is 6.18 Å². The van der Waals surface area contributed by atoms with Crippen molar-refractivity contribution in [2.75, 3.05) is 20.0 Å². The minimum absolute atomic E-state index is 0.0531. The van der Waals surface area contributed by atoms with E-state index in [2.05, 4.69) is 4.98 Å². The van der Waals surface area contributed by atoms with Gasteiger partial charge in [0, 0.05) is 29.3 Å². The second-order valence-electron chi connectivity index (χ2n) is 7.49. The Morgan fingerprint density at radius 3 is 2.31 bits per heavy atom. The molecule has 6 nitrogen and oxygen atoms in total. The van der Waals surface area contributed by atoms with E-state index in [-0.39, 0.29) is 34.3 Å². The Balaban J connectivity index is 1.74. The van der Waals surface area contributed by atoms with Gasteiger partial charge in [-0.2, -0.15) is 13.2 Å². The Labute approximate surface area is 195 Å². The van der Waals surface area contributed by atoms with Gasteiger partial charge in [-0.1, -0.05) is 6.07 Å². The molecule has 2 aromatic carbocycles. The van der Waals surface area contributed by atoms with E-state index < -0.39 is 52.0 Å². The minimum atomic E-state index is -4.62. The molecule has 2 aromatic heterocycles. The highest BCUT2D eigenvalue weighted by molar-refractivity contribution is 6.09. The maximum Gasteiger partial charge on any atom is 0.416 e. The van der Waals surface area contributed by atoms with Crippen LogP contribution in [-0.2, 0) is 12.6 Å². The van der Waals surface area contributed by atoms with Crippen LogP contribution in [0.3, 0.4) is 0 Å². The van der Waals surface area contributed by atoms with Crippen molar-refractivity contribution in [3.63, 3.8) is 0 Å². The summed E-state index contributed by atoms with van der Waals surface area (Å²) in [5.41, 5.74) is 4.04. The number of pyridine rings is 1. The number of hydrogen-bond donors (Lipinski definition) is 1. The molecule has 0 fully saturated rings. The Hall–Kier alpha value is -4.15. The molecule has 2 heterocycles. The van der Waals surface area contributed by atoms with Gasteiger partial charge in [-0.3, -0.25) is 9.78 Å². The summed E-state index contributed by atoms with van der Waals surface area (Å²) in [7, 11) is 2.28. The van der Waals surface area contributed by atoms with Gasteiger partial charge in [-0.15, -0.1) is 0 Å². The zero-order valence-corrected chi connectivity index (χ0v) is 18.3. The number of rotatable bonds is 6. The second kappa shape index (κ2) is 8.90. The molecule has 0 amide bonds. The summed E-state index contributed by atoms with van der Waals surface area (Å²) in [5.74, 6) is -4.84. The number of carbonyl (C=O) groups excluding carboxylic acids is 1. The van der Waals surface area contributed by atoms with Gasteiger partial charge in [0.2, 0.25) is 5.78 Å². The molecule has 11 heteroatoms. The second-order valence-corrected chi connectivity index (χ2v) is 7.49. The number of methoxy groups -OCH3 is 2. The number of alkyl halides is 3. The lowest BCUT2D eigenvalue weighted by Gasteiger charge is -2.14. The van der Waals surface area contributed by atoms with E-state index >= 15 is 0 Å². The number of ketones is 1. The van der Waals surface area contributed by atoms with Crippen molar-refractivity contribution in [3.05, 3.63) is 82.4 Å². The summed E-state index contributed by atoms with van der Waals surface area (Å²) >= 11 is 0. The molecule has 0 saturated heterocycles. The highest BCUT2D eigenvalue weighted by Gasteiger charge is 2.34. The molecule has 0 aliphatic rings. The van der Waals surface area contributed by atoms with Crippen LogP contribution in [0.25, 0.3) is 11.0 Å². The van der Waals surface area contributed by atoms with E-state index in [4.69, 9.17) is 19.6 Å². The minimum Gasteiger partial charge on any atom is -0.494 e. The van der Waals surface area contributed by atoms with E-state index in [1.165, 1.54) is 30.5 Å². The summed E-state index contributed by atoms with van der Waals surface area (Å²) in [6, 6.07) is 7.06. The number of nitrogens with zero attached hydrogens (tertiary/aromatic N) is 1. The number of benzene rings is 2. The van der Waals surface area contributed by atoms with Crippen molar-refractivity contribution in [2.45, 2.75) is 12.6 Å². The third kappa shape index (κ3) is 4.36.